The van der Waals surface area contributed by atoms with E-state index >= 15 is 0 Å². The Morgan fingerprint density at radius 2 is 0.769 bits per heavy atom. The van der Waals surface area contributed by atoms with Gasteiger partial charge in [-0.25, -0.2) is 0 Å². The minimum Gasteiger partial charge on any atom is -0.465 e. The fourth-order valence-corrected chi connectivity index (χ4v) is 8.77. The zero-order valence-electron chi connectivity index (χ0n) is 43.5. The van der Waals surface area contributed by atoms with Crippen LogP contribution >= 0.6 is 0 Å². The van der Waals surface area contributed by atoms with Crippen LogP contribution in [-0.4, -0.2) is 47.4 Å². The van der Waals surface area contributed by atoms with Crippen LogP contribution < -0.4 is 5.32 Å². The monoisotopic (exact) mass is 914 g/mol. The molecule has 0 aromatic carbocycles. The SMILES string of the molecule is CCCCCCCCCCCCCCCC/C=C/C(O)C(CO)NC(=O)CCCCCCCCCCCCCCCC/C=C\C/C=C\CCOC(=O)CCCCCCCCCCCCC. The molecule has 0 aliphatic heterocycles. The van der Waals surface area contributed by atoms with Gasteiger partial charge in [0.15, 0.2) is 0 Å². The van der Waals surface area contributed by atoms with E-state index in [4.69, 9.17) is 4.74 Å². The summed E-state index contributed by atoms with van der Waals surface area (Å²) in [5, 5.41) is 23.1. The standard InChI is InChI=1S/C59H111NO5/c1-3-5-7-9-11-13-15-16-17-25-28-32-35-39-43-47-51-57(62)56(55-61)60-58(63)52-48-44-40-36-33-29-26-23-21-19-18-20-22-24-27-30-34-38-42-46-50-54-65-59(64)53-49-45-41-37-31-14-12-10-8-6-4-2/h30,34,42,46-47,51,56-57,61-62H,3-29,31-33,35-41,43-45,48-50,52-55H2,1-2H3,(H,60,63)/b34-30-,46-42-,51-47+. The number of allylic oxidation sites excluding steroid dienone is 4. The Balaban J connectivity index is 3.49. The Labute approximate surface area is 404 Å². The number of carbonyl (C=O) groups is 2. The van der Waals surface area contributed by atoms with Gasteiger partial charge in [-0.15, -0.1) is 0 Å². The number of rotatable bonds is 53. The molecular formula is C59H111NO5. The molecule has 65 heavy (non-hydrogen) atoms. The molecule has 382 valence electrons. The number of carbonyl (C=O) groups excluding carboxylic acids is 2. The number of unbranched alkanes of at least 4 members (excludes halogenated alkanes) is 38. The predicted molar refractivity (Wildman–Crippen MR) is 283 cm³/mol. The molecule has 0 aromatic heterocycles. The first-order valence-corrected chi connectivity index (χ1v) is 28.8. The van der Waals surface area contributed by atoms with Gasteiger partial charge in [0, 0.05) is 12.8 Å². The van der Waals surface area contributed by atoms with Crippen LogP contribution in [0.5, 0.6) is 0 Å². The van der Waals surface area contributed by atoms with Crippen LogP contribution in [0, 0.1) is 0 Å². The van der Waals surface area contributed by atoms with Crippen molar-refractivity contribution in [3.63, 3.8) is 0 Å². The highest BCUT2D eigenvalue weighted by Crippen LogP contribution is 2.17. The largest absolute Gasteiger partial charge is 0.465 e. The molecule has 0 radical (unpaired) electrons. The fraction of sp³-hybridized carbons (Fsp3) is 0.864. The molecule has 0 saturated carbocycles. The van der Waals surface area contributed by atoms with Gasteiger partial charge in [-0.3, -0.25) is 9.59 Å². The second kappa shape index (κ2) is 54.7. The lowest BCUT2D eigenvalue weighted by molar-refractivity contribution is -0.143. The number of esters is 1. The number of amides is 1. The number of ether oxygens (including phenoxy) is 1. The number of hydrogen-bond donors (Lipinski definition) is 3. The topological polar surface area (TPSA) is 95.9 Å². The molecule has 0 rings (SSSR count). The van der Waals surface area contributed by atoms with Crippen molar-refractivity contribution in [2.45, 2.75) is 315 Å². The first-order valence-electron chi connectivity index (χ1n) is 28.8. The van der Waals surface area contributed by atoms with Gasteiger partial charge in [0.1, 0.15) is 0 Å². The van der Waals surface area contributed by atoms with Gasteiger partial charge in [0.05, 0.1) is 25.4 Å². The van der Waals surface area contributed by atoms with E-state index in [0.29, 0.717) is 19.4 Å². The third-order valence-electron chi connectivity index (χ3n) is 13.2. The summed E-state index contributed by atoms with van der Waals surface area (Å²) in [5.41, 5.74) is 0. The molecule has 6 heteroatoms. The van der Waals surface area contributed by atoms with Crippen LogP contribution in [0.25, 0.3) is 0 Å². The lowest BCUT2D eigenvalue weighted by Crippen LogP contribution is -2.45. The second-order valence-corrected chi connectivity index (χ2v) is 19.6. The third kappa shape index (κ3) is 51.3. The molecule has 2 atom stereocenters. The third-order valence-corrected chi connectivity index (χ3v) is 13.2. The van der Waals surface area contributed by atoms with Crippen molar-refractivity contribution in [1.82, 2.24) is 5.32 Å². The van der Waals surface area contributed by atoms with E-state index in [0.717, 1.165) is 51.4 Å². The zero-order valence-corrected chi connectivity index (χ0v) is 43.5. The van der Waals surface area contributed by atoms with Gasteiger partial charge in [-0.05, 0) is 51.4 Å². The maximum atomic E-state index is 12.5. The highest BCUT2D eigenvalue weighted by Gasteiger charge is 2.18. The van der Waals surface area contributed by atoms with Gasteiger partial charge in [-0.2, -0.15) is 0 Å². The molecule has 0 saturated heterocycles. The molecule has 1 amide bonds. The van der Waals surface area contributed by atoms with Crippen molar-refractivity contribution < 1.29 is 24.5 Å². The van der Waals surface area contributed by atoms with E-state index in [1.165, 1.54) is 225 Å². The van der Waals surface area contributed by atoms with E-state index in [1.807, 2.05) is 6.08 Å². The molecule has 2 unspecified atom stereocenters. The Bertz CT molecular complexity index is 1060. The minimum atomic E-state index is -0.848. The van der Waals surface area contributed by atoms with Crippen molar-refractivity contribution in [2.75, 3.05) is 13.2 Å². The second-order valence-electron chi connectivity index (χ2n) is 19.6. The average molecular weight is 915 g/mol. The van der Waals surface area contributed by atoms with Crippen molar-refractivity contribution >= 4 is 11.9 Å². The molecule has 6 nitrogen and oxygen atoms in total. The first kappa shape index (κ1) is 63.1. The minimum absolute atomic E-state index is 0.0364. The normalized spacial score (nSPS) is 12.9. The van der Waals surface area contributed by atoms with E-state index < -0.39 is 12.1 Å². The molecular weight excluding hydrogens is 803 g/mol. The zero-order chi connectivity index (χ0) is 47.2. The van der Waals surface area contributed by atoms with Crippen LogP contribution in [0.4, 0.5) is 0 Å². The number of nitrogens with one attached hydrogen (secondary N) is 1. The number of aliphatic hydroxyl groups excluding tert-OH is 2. The Morgan fingerprint density at radius 3 is 1.17 bits per heavy atom. The Hall–Kier alpha value is -1.92. The fourth-order valence-electron chi connectivity index (χ4n) is 8.77. The quantitative estimate of drug-likeness (QED) is 0.0321. The molecule has 0 aliphatic carbocycles. The van der Waals surface area contributed by atoms with Gasteiger partial charge in [0.2, 0.25) is 5.91 Å². The molecule has 0 heterocycles. The first-order chi connectivity index (χ1) is 32.0. The van der Waals surface area contributed by atoms with Crippen LogP contribution in [0.2, 0.25) is 0 Å². The van der Waals surface area contributed by atoms with Gasteiger partial charge >= 0.3 is 5.97 Å². The van der Waals surface area contributed by atoms with Crippen LogP contribution in [-0.2, 0) is 14.3 Å². The van der Waals surface area contributed by atoms with Crippen LogP contribution in [0.15, 0.2) is 36.5 Å². The van der Waals surface area contributed by atoms with Gasteiger partial charge < -0.3 is 20.3 Å². The smallest absolute Gasteiger partial charge is 0.305 e. The lowest BCUT2D eigenvalue weighted by atomic mass is 10.0. The summed E-state index contributed by atoms with van der Waals surface area (Å²) in [4.78, 5) is 24.4. The Morgan fingerprint density at radius 1 is 0.431 bits per heavy atom. The maximum absolute atomic E-state index is 12.5. The van der Waals surface area contributed by atoms with Gasteiger partial charge in [-0.1, -0.05) is 275 Å². The summed E-state index contributed by atoms with van der Waals surface area (Å²) in [6, 6.07) is -0.631. The molecule has 0 bridgehead atoms. The maximum Gasteiger partial charge on any atom is 0.305 e. The van der Waals surface area contributed by atoms with E-state index in [-0.39, 0.29) is 18.5 Å². The van der Waals surface area contributed by atoms with E-state index in [2.05, 4.69) is 43.5 Å². The molecule has 0 aliphatic rings. The summed E-state index contributed by atoms with van der Waals surface area (Å²) in [7, 11) is 0. The average Bonchev–Trinajstić information content (AvgIpc) is 3.31. The molecule has 0 fully saturated rings. The van der Waals surface area contributed by atoms with Crippen molar-refractivity contribution in [1.29, 1.82) is 0 Å². The van der Waals surface area contributed by atoms with Crippen LogP contribution in [0.3, 0.4) is 0 Å². The summed E-state index contributed by atoms with van der Waals surface area (Å²) in [5.74, 6) is -0.108. The van der Waals surface area contributed by atoms with Gasteiger partial charge in [0.25, 0.3) is 0 Å². The molecule has 0 spiro atoms. The van der Waals surface area contributed by atoms with Crippen LogP contribution in [0.1, 0.15) is 303 Å². The van der Waals surface area contributed by atoms with E-state index in [9.17, 15) is 19.8 Å². The number of hydrogen-bond acceptors (Lipinski definition) is 5. The van der Waals surface area contributed by atoms with Crippen molar-refractivity contribution in [3.8, 4) is 0 Å². The van der Waals surface area contributed by atoms with E-state index in [1.54, 1.807) is 6.08 Å². The predicted octanol–water partition coefficient (Wildman–Crippen LogP) is 17.6. The summed E-state index contributed by atoms with van der Waals surface area (Å²) in [6.07, 6.45) is 67.5. The molecule has 3 N–H and O–H groups in total. The number of aliphatic hydroxyl groups is 2. The van der Waals surface area contributed by atoms with Crippen molar-refractivity contribution in [3.05, 3.63) is 36.5 Å². The Kier molecular flexibility index (Phi) is 53.1. The highest BCUT2D eigenvalue weighted by atomic mass is 16.5. The summed E-state index contributed by atoms with van der Waals surface area (Å²) >= 11 is 0. The van der Waals surface area contributed by atoms with Crippen molar-refractivity contribution in [2.24, 2.45) is 0 Å². The highest BCUT2D eigenvalue weighted by molar-refractivity contribution is 5.76. The lowest BCUT2D eigenvalue weighted by Gasteiger charge is -2.20. The summed E-state index contributed by atoms with van der Waals surface area (Å²) in [6.45, 7) is 4.80. The summed E-state index contributed by atoms with van der Waals surface area (Å²) < 4.78 is 5.39. The molecule has 0 aromatic rings.